The molecule has 0 bridgehead atoms. The number of amides is 2. The van der Waals surface area contributed by atoms with E-state index in [1.165, 1.54) is 55.5 Å². The highest BCUT2D eigenvalue weighted by molar-refractivity contribution is 7.92. The molecule has 0 aliphatic rings. The van der Waals surface area contributed by atoms with Crippen LogP contribution in [0.25, 0.3) is 0 Å². The molecule has 0 saturated carbocycles. The van der Waals surface area contributed by atoms with Crippen LogP contribution in [0, 0.1) is 5.82 Å². The molecule has 0 aromatic heterocycles. The number of rotatable bonds is 12. The lowest BCUT2D eigenvalue weighted by atomic mass is 10.1. The smallest absolute Gasteiger partial charge is 0.264 e. The summed E-state index contributed by atoms with van der Waals surface area (Å²) in [5, 5.41) is 3.08. The van der Waals surface area contributed by atoms with Gasteiger partial charge in [0.25, 0.3) is 10.0 Å². The Kier molecular flexibility index (Phi) is 10.7. The number of hydrogen-bond donors (Lipinski definition) is 1. The first kappa shape index (κ1) is 30.4. The topological polar surface area (TPSA) is 86.8 Å². The first-order chi connectivity index (χ1) is 18.6. The molecule has 0 heterocycles. The largest absolute Gasteiger partial charge is 0.354 e. The molecule has 3 rings (SSSR count). The number of carbonyl (C=O) groups is 2. The highest BCUT2D eigenvalue weighted by Gasteiger charge is 2.33. The SMILES string of the molecule is CCCCNC(=O)[C@H](C)N(Cc1ccccc1F)C(=O)CN(c1ccc(Cl)cc1Cl)S(=O)(=O)c1ccccc1. The van der Waals surface area contributed by atoms with Gasteiger partial charge in [-0.3, -0.25) is 13.9 Å². The molecule has 0 aliphatic heterocycles. The van der Waals surface area contributed by atoms with Crippen molar-refractivity contribution >= 4 is 50.7 Å². The van der Waals surface area contributed by atoms with Crippen LogP contribution in [0.5, 0.6) is 0 Å². The molecule has 3 aromatic carbocycles. The Morgan fingerprint density at radius 3 is 2.31 bits per heavy atom. The molecule has 2 amide bonds. The van der Waals surface area contributed by atoms with Crippen molar-refractivity contribution in [2.45, 2.75) is 44.2 Å². The number of nitrogens with one attached hydrogen (secondary N) is 1. The zero-order valence-corrected chi connectivity index (χ0v) is 23.9. The summed E-state index contributed by atoms with van der Waals surface area (Å²) in [7, 11) is -4.28. The number of benzene rings is 3. The molecule has 0 radical (unpaired) electrons. The van der Waals surface area contributed by atoms with Crippen LogP contribution < -0.4 is 9.62 Å². The van der Waals surface area contributed by atoms with E-state index in [0.717, 1.165) is 22.0 Å². The van der Waals surface area contributed by atoms with Crippen molar-refractivity contribution in [1.29, 1.82) is 0 Å². The number of halogens is 3. The highest BCUT2D eigenvalue weighted by Crippen LogP contribution is 2.33. The van der Waals surface area contributed by atoms with Gasteiger partial charge < -0.3 is 10.2 Å². The van der Waals surface area contributed by atoms with E-state index in [-0.39, 0.29) is 32.7 Å². The van der Waals surface area contributed by atoms with Crippen LogP contribution in [0.3, 0.4) is 0 Å². The van der Waals surface area contributed by atoms with Gasteiger partial charge in [0, 0.05) is 23.7 Å². The van der Waals surface area contributed by atoms with Crippen LogP contribution in [0.15, 0.2) is 77.7 Å². The van der Waals surface area contributed by atoms with Crippen LogP contribution in [-0.2, 0) is 26.2 Å². The van der Waals surface area contributed by atoms with E-state index in [4.69, 9.17) is 23.2 Å². The first-order valence-corrected chi connectivity index (χ1v) is 14.6. The monoisotopic (exact) mass is 593 g/mol. The number of carbonyl (C=O) groups excluding carboxylic acids is 2. The van der Waals surface area contributed by atoms with Crippen molar-refractivity contribution in [3.63, 3.8) is 0 Å². The summed E-state index contributed by atoms with van der Waals surface area (Å²) in [5.41, 5.74) is 0.213. The molecule has 1 N–H and O–H groups in total. The van der Waals surface area contributed by atoms with Gasteiger partial charge in [0.1, 0.15) is 18.4 Å². The molecule has 0 unspecified atom stereocenters. The standard InChI is InChI=1S/C28H30Cl2FN3O4S/c1-3-4-16-32-28(36)20(2)33(18-21-10-8-9-13-25(21)31)27(35)19-34(26-15-14-22(29)17-24(26)30)39(37,38)23-11-6-5-7-12-23/h5-15,17,20H,3-4,16,18-19H2,1-2H3,(H,32,36)/t20-/m0/s1. The molecule has 1 atom stereocenters. The minimum atomic E-state index is -4.28. The van der Waals surface area contributed by atoms with Gasteiger partial charge in [0.05, 0.1) is 15.6 Å². The number of anilines is 1. The average Bonchev–Trinajstić information content (AvgIpc) is 2.91. The Hall–Kier alpha value is -3.14. The molecule has 208 valence electrons. The second kappa shape index (κ2) is 13.8. The molecular weight excluding hydrogens is 564 g/mol. The van der Waals surface area contributed by atoms with Gasteiger partial charge in [-0.05, 0) is 49.7 Å². The lowest BCUT2D eigenvalue weighted by Crippen LogP contribution is -2.51. The minimum Gasteiger partial charge on any atom is -0.354 e. The predicted octanol–water partition coefficient (Wildman–Crippen LogP) is 5.66. The molecule has 0 spiro atoms. The molecule has 39 heavy (non-hydrogen) atoms. The van der Waals surface area contributed by atoms with Gasteiger partial charge in [0.15, 0.2) is 0 Å². The molecule has 11 heteroatoms. The third-order valence-corrected chi connectivity index (χ3v) is 8.40. The van der Waals surface area contributed by atoms with Gasteiger partial charge in [-0.15, -0.1) is 0 Å². The maximum absolute atomic E-state index is 14.6. The van der Waals surface area contributed by atoms with E-state index in [1.807, 2.05) is 6.92 Å². The fourth-order valence-electron chi connectivity index (χ4n) is 3.85. The predicted molar refractivity (Wildman–Crippen MR) is 152 cm³/mol. The Morgan fingerprint density at radius 1 is 1.00 bits per heavy atom. The molecule has 0 aliphatic carbocycles. The van der Waals surface area contributed by atoms with Crippen molar-refractivity contribution in [3.05, 3.63) is 94.2 Å². The second-order valence-corrected chi connectivity index (χ2v) is 11.6. The fraction of sp³-hybridized carbons (Fsp3) is 0.286. The van der Waals surface area contributed by atoms with E-state index in [0.29, 0.717) is 6.54 Å². The second-order valence-electron chi connectivity index (χ2n) is 8.85. The highest BCUT2D eigenvalue weighted by atomic mass is 35.5. The molecule has 0 saturated heterocycles. The minimum absolute atomic E-state index is 0.0146. The number of hydrogen-bond acceptors (Lipinski definition) is 4. The van der Waals surface area contributed by atoms with Crippen LogP contribution in [0.4, 0.5) is 10.1 Å². The van der Waals surface area contributed by atoms with Crippen molar-refractivity contribution in [2.75, 3.05) is 17.4 Å². The third-order valence-electron chi connectivity index (χ3n) is 6.08. The lowest BCUT2D eigenvalue weighted by Gasteiger charge is -2.32. The van der Waals surface area contributed by atoms with E-state index in [2.05, 4.69) is 5.32 Å². The van der Waals surface area contributed by atoms with E-state index in [1.54, 1.807) is 24.3 Å². The summed E-state index contributed by atoms with van der Waals surface area (Å²) in [6.45, 7) is 2.97. The van der Waals surface area contributed by atoms with Crippen LogP contribution in [-0.4, -0.2) is 44.3 Å². The zero-order chi connectivity index (χ0) is 28.6. The fourth-order valence-corrected chi connectivity index (χ4v) is 5.86. The molecule has 7 nitrogen and oxygen atoms in total. The lowest BCUT2D eigenvalue weighted by molar-refractivity contribution is -0.139. The van der Waals surface area contributed by atoms with Crippen molar-refractivity contribution in [1.82, 2.24) is 10.2 Å². The van der Waals surface area contributed by atoms with Crippen molar-refractivity contribution in [2.24, 2.45) is 0 Å². The number of nitrogens with zero attached hydrogens (tertiary/aromatic N) is 2. The van der Waals surface area contributed by atoms with E-state index in [9.17, 15) is 22.4 Å². The normalized spacial score (nSPS) is 12.0. The maximum atomic E-state index is 14.6. The average molecular weight is 595 g/mol. The van der Waals surface area contributed by atoms with Crippen molar-refractivity contribution < 1.29 is 22.4 Å². The Labute approximate surface area is 238 Å². The molecular formula is C28H30Cl2FN3O4S. The van der Waals surface area contributed by atoms with Gasteiger partial charge in [-0.1, -0.05) is 72.9 Å². The number of sulfonamides is 1. The summed E-state index contributed by atoms with van der Waals surface area (Å²) in [5.74, 6) is -1.71. The Morgan fingerprint density at radius 2 is 1.67 bits per heavy atom. The van der Waals surface area contributed by atoms with Gasteiger partial charge >= 0.3 is 0 Å². The van der Waals surface area contributed by atoms with Crippen LogP contribution >= 0.6 is 23.2 Å². The quantitative estimate of drug-likeness (QED) is 0.274. The maximum Gasteiger partial charge on any atom is 0.264 e. The third kappa shape index (κ3) is 7.71. The van der Waals surface area contributed by atoms with Crippen LogP contribution in [0.2, 0.25) is 10.0 Å². The zero-order valence-electron chi connectivity index (χ0n) is 21.6. The van der Waals surface area contributed by atoms with Gasteiger partial charge in [-0.25, -0.2) is 12.8 Å². The summed E-state index contributed by atoms with van der Waals surface area (Å²) in [4.78, 5) is 27.9. The summed E-state index contributed by atoms with van der Waals surface area (Å²) in [6.07, 6.45) is 1.61. The van der Waals surface area contributed by atoms with E-state index < -0.39 is 40.2 Å². The summed E-state index contributed by atoms with van der Waals surface area (Å²) < 4.78 is 42.9. The summed E-state index contributed by atoms with van der Waals surface area (Å²) in [6, 6.07) is 16.7. The Bertz CT molecular complexity index is 1410. The number of unbranched alkanes of at least 4 members (excludes halogenated alkanes) is 1. The van der Waals surface area contributed by atoms with Crippen molar-refractivity contribution in [3.8, 4) is 0 Å². The van der Waals surface area contributed by atoms with Crippen LogP contribution in [0.1, 0.15) is 32.3 Å². The van der Waals surface area contributed by atoms with Gasteiger partial charge in [0.2, 0.25) is 11.8 Å². The first-order valence-electron chi connectivity index (χ1n) is 12.4. The van der Waals surface area contributed by atoms with E-state index >= 15 is 0 Å². The Balaban J connectivity index is 2.03. The molecule has 0 fully saturated rings. The molecule has 3 aromatic rings. The van der Waals surface area contributed by atoms with Gasteiger partial charge in [-0.2, -0.15) is 0 Å². The summed E-state index contributed by atoms with van der Waals surface area (Å²) >= 11 is 12.4.